The lowest BCUT2D eigenvalue weighted by atomic mass is 9.84. The van der Waals surface area contributed by atoms with Gasteiger partial charge in [0.15, 0.2) is 0 Å². The second-order valence-electron chi connectivity index (χ2n) is 5.19. The maximum Gasteiger partial charge on any atom is 0.227 e. The number of rotatable bonds is 7. The Labute approximate surface area is 125 Å². The van der Waals surface area contributed by atoms with E-state index in [1.807, 2.05) is 37.3 Å². The summed E-state index contributed by atoms with van der Waals surface area (Å²) in [6.45, 7) is 7.05. The molecule has 0 aliphatic rings. The standard InChI is InChI=1S/C16H24BrNO/c1-4-16(5-2,11-17)12-18-15(19)13(3)14-9-7-6-8-10-14/h6-10,13H,4-5,11-12H2,1-3H3,(H,18,19). The Hall–Kier alpha value is -0.830. The molecule has 0 saturated carbocycles. The van der Waals surface area contributed by atoms with E-state index in [-0.39, 0.29) is 17.2 Å². The Morgan fingerprint density at radius 1 is 1.26 bits per heavy atom. The molecule has 0 spiro atoms. The third-order valence-electron chi connectivity index (χ3n) is 4.11. The van der Waals surface area contributed by atoms with E-state index in [9.17, 15) is 4.79 Å². The molecule has 2 nitrogen and oxygen atoms in total. The number of amides is 1. The molecule has 3 heteroatoms. The number of hydrogen-bond donors (Lipinski definition) is 1. The van der Waals surface area contributed by atoms with Gasteiger partial charge < -0.3 is 5.32 Å². The first-order chi connectivity index (χ1) is 9.08. The smallest absolute Gasteiger partial charge is 0.227 e. The summed E-state index contributed by atoms with van der Waals surface area (Å²) in [4.78, 5) is 12.2. The van der Waals surface area contributed by atoms with Crippen LogP contribution in [0.4, 0.5) is 0 Å². The van der Waals surface area contributed by atoms with Crippen LogP contribution in [0.3, 0.4) is 0 Å². The SMILES string of the molecule is CCC(CC)(CBr)CNC(=O)C(C)c1ccccc1. The molecular weight excluding hydrogens is 302 g/mol. The quantitative estimate of drug-likeness (QED) is 0.751. The minimum atomic E-state index is -0.0945. The van der Waals surface area contributed by atoms with Gasteiger partial charge in [-0.05, 0) is 30.7 Å². The molecule has 1 amide bonds. The molecule has 0 aliphatic carbocycles. The molecule has 0 saturated heterocycles. The van der Waals surface area contributed by atoms with E-state index < -0.39 is 0 Å². The molecule has 1 N–H and O–H groups in total. The topological polar surface area (TPSA) is 29.1 Å². The molecule has 0 aromatic heterocycles. The predicted octanol–water partition coefficient (Wildman–Crippen LogP) is 4.11. The van der Waals surface area contributed by atoms with E-state index in [1.54, 1.807) is 0 Å². The van der Waals surface area contributed by atoms with E-state index in [0.29, 0.717) is 0 Å². The summed E-state index contributed by atoms with van der Waals surface area (Å²) in [5.41, 5.74) is 1.24. The first kappa shape index (κ1) is 16.2. The van der Waals surface area contributed by atoms with Gasteiger partial charge in [-0.25, -0.2) is 0 Å². The normalized spacial score (nSPS) is 13.1. The van der Waals surface area contributed by atoms with Crippen LogP contribution in [0.5, 0.6) is 0 Å². The van der Waals surface area contributed by atoms with Crippen molar-refractivity contribution in [2.75, 3.05) is 11.9 Å². The summed E-state index contributed by atoms with van der Waals surface area (Å²) in [5.74, 6) is 0.0152. The maximum absolute atomic E-state index is 12.2. The first-order valence-corrected chi connectivity index (χ1v) is 8.09. The van der Waals surface area contributed by atoms with Crippen molar-refractivity contribution >= 4 is 21.8 Å². The largest absolute Gasteiger partial charge is 0.355 e. The van der Waals surface area contributed by atoms with Crippen LogP contribution in [0.2, 0.25) is 0 Å². The Balaban J connectivity index is 2.60. The predicted molar refractivity (Wildman–Crippen MR) is 84.7 cm³/mol. The molecule has 0 fully saturated rings. The lowest BCUT2D eigenvalue weighted by Gasteiger charge is -2.30. The van der Waals surface area contributed by atoms with Crippen molar-refractivity contribution in [1.29, 1.82) is 0 Å². The van der Waals surface area contributed by atoms with E-state index in [2.05, 4.69) is 35.1 Å². The third-order valence-corrected chi connectivity index (χ3v) is 5.30. The molecule has 1 aromatic rings. The van der Waals surface area contributed by atoms with Crippen molar-refractivity contribution in [2.45, 2.75) is 39.5 Å². The number of hydrogen-bond acceptors (Lipinski definition) is 1. The van der Waals surface area contributed by atoms with Gasteiger partial charge in [0.05, 0.1) is 5.92 Å². The molecular formula is C16H24BrNO. The van der Waals surface area contributed by atoms with Crippen LogP contribution in [0.25, 0.3) is 0 Å². The zero-order chi connectivity index (χ0) is 14.3. The fourth-order valence-corrected chi connectivity index (χ4v) is 3.05. The Kier molecular flexibility index (Phi) is 6.56. The van der Waals surface area contributed by atoms with Crippen LogP contribution in [-0.4, -0.2) is 17.8 Å². The molecule has 0 radical (unpaired) electrons. The van der Waals surface area contributed by atoms with Crippen LogP contribution in [-0.2, 0) is 4.79 Å². The Morgan fingerprint density at radius 3 is 2.32 bits per heavy atom. The van der Waals surface area contributed by atoms with Crippen molar-refractivity contribution in [2.24, 2.45) is 5.41 Å². The highest BCUT2D eigenvalue weighted by atomic mass is 79.9. The summed E-state index contributed by atoms with van der Waals surface area (Å²) in [5, 5.41) is 4.03. The molecule has 1 rings (SSSR count). The average Bonchev–Trinajstić information content (AvgIpc) is 2.49. The van der Waals surface area contributed by atoms with Gasteiger partial charge in [0, 0.05) is 11.9 Å². The van der Waals surface area contributed by atoms with Crippen molar-refractivity contribution in [1.82, 2.24) is 5.32 Å². The number of carbonyl (C=O) groups excluding carboxylic acids is 1. The van der Waals surface area contributed by atoms with E-state index in [0.717, 1.165) is 30.3 Å². The van der Waals surface area contributed by atoms with Crippen molar-refractivity contribution in [3.8, 4) is 0 Å². The third kappa shape index (κ3) is 4.34. The number of benzene rings is 1. The van der Waals surface area contributed by atoms with Gasteiger partial charge in [0.25, 0.3) is 0 Å². The fraction of sp³-hybridized carbons (Fsp3) is 0.562. The maximum atomic E-state index is 12.2. The molecule has 1 aromatic carbocycles. The molecule has 0 aliphatic heterocycles. The molecule has 0 heterocycles. The van der Waals surface area contributed by atoms with Crippen molar-refractivity contribution in [3.63, 3.8) is 0 Å². The Morgan fingerprint density at radius 2 is 1.84 bits per heavy atom. The molecule has 0 bridgehead atoms. The number of halogens is 1. The molecule has 106 valence electrons. The van der Waals surface area contributed by atoms with E-state index in [1.165, 1.54) is 0 Å². The summed E-state index contributed by atoms with van der Waals surface area (Å²) < 4.78 is 0. The van der Waals surface area contributed by atoms with Crippen LogP contribution >= 0.6 is 15.9 Å². The second-order valence-corrected chi connectivity index (χ2v) is 5.75. The van der Waals surface area contributed by atoms with Gasteiger partial charge in [0.2, 0.25) is 5.91 Å². The van der Waals surface area contributed by atoms with Gasteiger partial charge in [-0.2, -0.15) is 0 Å². The van der Waals surface area contributed by atoms with Crippen LogP contribution in [0.15, 0.2) is 30.3 Å². The fourth-order valence-electron chi connectivity index (χ4n) is 2.06. The number of alkyl halides is 1. The minimum absolute atomic E-state index is 0.0945. The van der Waals surface area contributed by atoms with Gasteiger partial charge in [-0.3, -0.25) is 4.79 Å². The number of nitrogens with one attached hydrogen (secondary N) is 1. The molecule has 1 unspecified atom stereocenters. The van der Waals surface area contributed by atoms with E-state index >= 15 is 0 Å². The summed E-state index contributed by atoms with van der Waals surface area (Å²) in [6.07, 6.45) is 2.13. The van der Waals surface area contributed by atoms with Gasteiger partial charge >= 0.3 is 0 Å². The molecule has 19 heavy (non-hydrogen) atoms. The van der Waals surface area contributed by atoms with Gasteiger partial charge in [-0.1, -0.05) is 60.1 Å². The summed E-state index contributed by atoms with van der Waals surface area (Å²) in [6, 6.07) is 9.92. The zero-order valence-corrected chi connectivity index (χ0v) is 13.7. The second kappa shape index (κ2) is 7.68. The molecule has 1 atom stereocenters. The summed E-state index contributed by atoms with van der Waals surface area (Å²) in [7, 11) is 0. The average molecular weight is 326 g/mol. The van der Waals surface area contributed by atoms with E-state index in [4.69, 9.17) is 0 Å². The minimum Gasteiger partial charge on any atom is -0.355 e. The van der Waals surface area contributed by atoms with Crippen LogP contribution in [0, 0.1) is 5.41 Å². The highest BCUT2D eigenvalue weighted by Gasteiger charge is 2.26. The lowest BCUT2D eigenvalue weighted by Crippen LogP contribution is -2.39. The van der Waals surface area contributed by atoms with Gasteiger partial charge in [0.1, 0.15) is 0 Å². The monoisotopic (exact) mass is 325 g/mol. The van der Waals surface area contributed by atoms with Crippen LogP contribution in [0.1, 0.15) is 45.1 Å². The highest BCUT2D eigenvalue weighted by molar-refractivity contribution is 9.09. The highest BCUT2D eigenvalue weighted by Crippen LogP contribution is 2.28. The number of carbonyl (C=O) groups is 1. The zero-order valence-electron chi connectivity index (χ0n) is 12.1. The lowest BCUT2D eigenvalue weighted by molar-refractivity contribution is -0.122. The Bertz CT molecular complexity index is 379. The van der Waals surface area contributed by atoms with Crippen LogP contribution < -0.4 is 5.32 Å². The van der Waals surface area contributed by atoms with Gasteiger partial charge in [-0.15, -0.1) is 0 Å². The first-order valence-electron chi connectivity index (χ1n) is 6.97. The van der Waals surface area contributed by atoms with Crippen molar-refractivity contribution in [3.05, 3.63) is 35.9 Å². The van der Waals surface area contributed by atoms with Crippen molar-refractivity contribution < 1.29 is 4.79 Å². The summed E-state index contributed by atoms with van der Waals surface area (Å²) >= 11 is 3.57.